The van der Waals surface area contributed by atoms with Gasteiger partial charge < -0.3 is 24.1 Å². The van der Waals surface area contributed by atoms with Gasteiger partial charge in [-0.1, -0.05) is 63.4 Å². The number of aryl methyl sites for hydroxylation is 2. The standard InChI is InChI=1S/C32H38O6/c1-5-7-10-15-24-18-26(36-21-23-13-11-9-12-14-23)17-22(3)30(24)37-28-20-25(35-4)19-27-29(28)31(33)38-32(27,34)16-8-6-2/h9,11-14,17-20,34H,5-8,10,15-16,21H2,1-4H3. The van der Waals surface area contributed by atoms with Gasteiger partial charge in [0.25, 0.3) is 0 Å². The van der Waals surface area contributed by atoms with Gasteiger partial charge in [0.05, 0.1) is 7.11 Å². The summed E-state index contributed by atoms with van der Waals surface area (Å²) in [6, 6.07) is 17.4. The summed E-state index contributed by atoms with van der Waals surface area (Å²) in [6.45, 7) is 6.65. The fourth-order valence-corrected chi connectivity index (χ4v) is 4.81. The third kappa shape index (κ3) is 6.13. The molecule has 6 nitrogen and oxygen atoms in total. The summed E-state index contributed by atoms with van der Waals surface area (Å²) >= 11 is 0. The lowest BCUT2D eigenvalue weighted by atomic mass is 9.96. The van der Waals surface area contributed by atoms with E-state index in [2.05, 4.69) is 6.92 Å². The van der Waals surface area contributed by atoms with Crippen molar-refractivity contribution >= 4 is 5.97 Å². The molecular weight excluding hydrogens is 480 g/mol. The highest BCUT2D eigenvalue weighted by Crippen LogP contribution is 2.46. The molecule has 4 rings (SSSR count). The quantitative estimate of drug-likeness (QED) is 0.185. The number of ether oxygens (including phenoxy) is 4. The SMILES string of the molecule is CCCCCc1cc(OCc2ccccc2)cc(C)c1Oc1cc(OC)cc2c1C(=O)OC2(O)CCCC. The van der Waals surface area contributed by atoms with E-state index < -0.39 is 11.8 Å². The van der Waals surface area contributed by atoms with Crippen molar-refractivity contribution in [1.82, 2.24) is 0 Å². The summed E-state index contributed by atoms with van der Waals surface area (Å²) in [6.07, 6.45) is 5.89. The van der Waals surface area contributed by atoms with Crippen LogP contribution in [0, 0.1) is 6.92 Å². The Morgan fingerprint density at radius 2 is 1.71 bits per heavy atom. The molecule has 38 heavy (non-hydrogen) atoms. The molecule has 202 valence electrons. The Bertz CT molecular complexity index is 1250. The van der Waals surface area contributed by atoms with Crippen LogP contribution in [-0.4, -0.2) is 18.2 Å². The van der Waals surface area contributed by atoms with E-state index in [9.17, 15) is 9.90 Å². The lowest BCUT2D eigenvalue weighted by Gasteiger charge is -2.22. The first-order chi connectivity index (χ1) is 18.4. The molecule has 0 bridgehead atoms. The van der Waals surface area contributed by atoms with Crippen LogP contribution < -0.4 is 14.2 Å². The minimum absolute atomic E-state index is 0.243. The number of unbranched alkanes of at least 4 members (excludes halogenated alkanes) is 3. The molecule has 3 aromatic rings. The van der Waals surface area contributed by atoms with Gasteiger partial charge in [0.2, 0.25) is 5.79 Å². The number of esters is 1. The zero-order valence-electron chi connectivity index (χ0n) is 22.8. The molecule has 0 saturated heterocycles. The molecule has 0 radical (unpaired) electrons. The molecule has 6 heteroatoms. The predicted octanol–water partition coefficient (Wildman–Crippen LogP) is 7.61. The largest absolute Gasteiger partial charge is 0.497 e. The zero-order valence-corrected chi connectivity index (χ0v) is 22.8. The van der Waals surface area contributed by atoms with Crippen molar-refractivity contribution in [3.8, 4) is 23.0 Å². The number of rotatable bonds is 13. The lowest BCUT2D eigenvalue weighted by molar-refractivity contribution is -0.168. The molecule has 0 saturated carbocycles. The minimum Gasteiger partial charge on any atom is -0.497 e. The third-order valence-corrected chi connectivity index (χ3v) is 6.90. The topological polar surface area (TPSA) is 74.2 Å². The first kappa shape index (κ1) is 27.5. The van der Waals surface area contributed by atoms with Crippen LogP contribution in [0.15, 0.2) is 54.6 Å². The van der Waals surface area contributed by atoms with Crippen molar-refractivity contribution in [3.05, 3.63) is 82.4 Å². The number of aliphatic hydroxyl groups is 1. The smallest absolute Gasteiger partial charge is 0.345 e. The van der Waals surface area contributed by atoms with E-state index in [1.54, 1.807) is 19.2 Å². The molecule has 0 spiro atoms. The number of benzene rings is 3. The number of carbonyl (C=O) groups is 1. The molecule has 3 aromatic carbocycles. The molecule has 1 unspecified atom stereocenters. The Kier molecular flexibility index (Phi) is 8.95. The summed E-state index contributed by atoms with van der Waals surface area (Å²) in [5.41, 5.74) is 3.63. The van der Waals surface area contributed by atoms with Gasteiger partial charge in [-0.05, 0) is 61.1 Å². The monoisotopic (exact) mass is 518 g/mol. The number of fused-ring (bicyclic) bond motifs is 1. The highest BCUT2D eigenvalue weighted by Gasteiger charge is 2.46. The van der Waals surface area contributed by atoms with Crippen molar-refractivity contribution < 1.29 is 28.8 Å². The maximum atomic E-state index is 13.0. The first-order valence-corrected chi connectivity index (χ1v) is 13.5. The summed E-state index contributed by atoms with van der Waals surface area (Å²) in [5.74, 6) is -0.0305. The lowest BCUT2D eigenvalue weighted by Crippen LogP contribution is -2.25. The number of carbonyl (C=O) groups excluding carboxylic acids is 1. The average Bonchev–Trinajstić information content (AvgIpc) is 3.18. The van der Waals surface area contributed by atoms with Gasteiger partial charge in [0.15, 0.2) is 0 Å². The Morgan fingerprint density at radius 1 is 0.947 bits per heavy atom. The first-order valence-electron chi connectivity index (χ1n) is 13.5. The van der Waals surface area contributed by atoms with Crippen molar-refractivity contribution in [2.75, 3.05) is 7.11 Å². The molecule has 0 amide bonds. The maximum absolute atomic E-state index is 13.0. The van der Waals surface area contributed by atoms with E-state index >= 15 is 0 Å². The summed E-state index contributed by atoms with van der Waals surface area (Å²) in [5, 5.41) is 11.2. The van der Waals surface area contributed by atoms with E-state index in [-0.39, 0.29) is 5.56 Å². The van der Waals surface area contributed by atoms with Crippen LogP contribution in [0.3, 0.4) is 0 Å². The number of hydrogen-bond donors (Lipinski definition) is 1. The second-order valence-electron chi connectivity index (χ2n) is 9.89. The van der Waals surface area contributed by atoms with E-state index in [4.69, 9.17) is 18.9 Å². The Hall–Kier alpha value is -3.51. The molecule has 1 N–H and O–H groups in total. The second-order valence-corrected chi connectivity index (χ2v) is 9.89. The predicted molar refractivity (Wildman–Crippen MR) is 147 cm³/mol. The highest BCUT2D eigenvalue weighted by atomic mass is 16.7. The van der Waals surface area contributed by atoms with Crippen molar-refractivity contribution in [3.63, 3.8) is 0 Å². The number of cyclic esters (lactones) is 1. The Labute approximate surface area is 225 Å². The maximum Gasteiger partial charge on any atom is 0.345 e. The van der Waals surface area contributed by atoms with E-state index in [1.807, 2.05) is 56.3 Å². The summed E-state index contributed by atoms with van der Waals surface area (Å²) in [4.78, 5) is 13.0. The Morgan fingerprint density at radius 3 is 2.42 bits per heavy atom. The van der Waals surface area contributed by atoms with E-state index in [0.29, 0.717) is 42.3 Å². The number of methoxy groups -OCH3 is 1. The third-order valence-electron chi connectivity index (χ3n) is 6.90. The molecule has 1 aliphatic heterocycles. The van der Waals surface area contributed by atoms with Crippen molar-refractivity contribution in [2.24, 2.45) is 0 Å². The van der Waals surface area contributed by atoms with Gasteiger partial charge in [-0.3, -0.25) is 0 Å². The van der Waals surface area contributed by atoms with Gasteiger partial charge in [0.1, 0.15) is 35.2 Å². The normalized spacial score (nSPS) is 16.2. The molecule has 1 atom stereocenters. The summed E-state index contributed by atoms with van der Waals surface area (Å²) in [7, 11) is 1.55. The molecule has 1 aliphatic rings. The van der Waals surface area contributed by atoms with Crippen LogP contribution in [0.2, 0.25) is 0 Å². The highest BCUT2D eigenvalue weighted by molar-refractivity contribution is 5.98. The van der Waals surface area contributed by atoms with Crippen LogP contribution in [0.5, 0.6) is 23.0 Å². The van der Waals surface area contributed by atoms with Gasteiger partial charge in [-0.15, -0.1) is 0 Å². The minimum atomic E-state index is -1.69. The fraction of sp³-hybridized carbons (Fsp3) is 0.406. The van der Waals surface area contributed by atoms with Crippen LogP contribution in [0.4, 0.5) is 0 Å². The van der Waals surface area contributed by atoms with E-state index in [0.717, 1.165) is 54.5 Å². The average molecular weight is 519 g/mol. The van der Waals surface area contributed by atoms with Crippen LogP contribution >= 0.6 is 0 Å². The van der Waals surface area contributed by atoms with E-state index in [1.165, 1.54) is 0 Å². The van der Waals surface area contributed by atoms with Gasteiger partial charge >= 0.3 is 5.97 Å². The van der Waals surface area contributed by atoms with Crippen molar-refractivity contribution in [1.29, 1.82) is 0 Å². The molecule has 0 fully saturated rings. The molecule has 0 aromatic heterocycles. The Balaban J connectivity index is 1.70. The number of hydrogen-bond acceptors (Lipinski definition) is 6. The van der Waals surface area contributed by atoms with Crippen LogP contribution in [0.25, 0.3) is 0 Å². The molecular formula is C32H38O6. The molecule has 0 aliphatic carbocycles. The molecule has 1 heterocycles. The zero-order chi connectivity index (χ0) is 27.1. The summed E-state index contributed by atoms with van der Waals surface area (Å²) < 4.78 is 23.6. The van der Waals surface area contributed by atoms with Crippen LogP contribution in [0.1, 0.15) is 85.0 Å². The van der Waals surface area contributed by atoms with Crippen LogP contribution in [-0.2, 0) is 23.6 Å². The van der Waals surface area contributed by atoms with Gasteiger partial charge in [0, 0.05) is 18.1 Å². The van der Waals surface area contributed by atoms with Crippen molar-refractivity contribution in [2.45, 2.75) is 78.1 Å². The fourth-order valence-electron chi connectivity index (χ4n) is 4.81. The van der Waals surface area contributed by atoms with Gasteiger partial charge in [-0.25, -0.2) is 4.79 Å². The van der Waals surface area contributed by atoms with Gasteiger partial charge in [-0.2, -0.15) is 0 Å². The second kappa shape index (κ2) is 12.4.